The first-order valence-electron chi connectivity index (χ1n) is 6.32. The maximum absolute atomic E-state index is 12.2. The molecule has 3 aromatic rings. The number of halogens is 1. The van der Waals surface area contributed by atoms with Crippen molar-refractivity contribution in [1.82, 2.24) is 0 Å². The van der Waals surface area contributed by atoms with Crippen molar-refractivity contribution >= 4 is 49.2 Å². The average Bonchev–Trinajstić information content (AvgIpc) is 2.90. The van der Waals surface area contributed by atoms with Gasteiger partial charge in [-0.3, -0.25) is 4.79 Å². The van der Waals surface area contributed by atoms with E-state index in [0.717, 1.165) is 15.4 Å². The molecule has 2 nitrogen and oxygen atoms in total. The van der Waals surface area contributed by atoms with E-state index >= 15 is 0 Å². The molecule has 0 amide bonds. The fourth-order valence-corrected chi connectivity index (χ4v) is 3.38. The molecule has 2 aromatic carbocycles. The molecule has 0 spiro atoms. The number of thiophene rings is 1. The zero-order valence-corrected chi connectivity index (χ0v) is 13.3. The number of hydrogen-bond donors (Lipinski definition) is 1. The van der Waals surface area contributed by atoms with Crippen molar-refractivity contribution in [2.24, 2.45) is 0 Å². The van der Waals surface area contributed by atoms with Gasteiger partial charge in [0.1, 0.15) is 5.75 Å². The summed E-state index contributed by atoms with van der Waals surface area (Å²) in [5.74, 6) is -0.230. The lowest BCUT2D eigenvalue weighted by atomic mass is 10.1. The minimum Gasteiger partial charge on any atom is -0.507 e. The highest BCUT2D eigenvalue weighted by molar-refractivity contribution is 9.10. The summed E-state index contributed by atoms with van der Waals surface area (Å²) in [6.45, 7) is 0. The molecule has 0 bridgehead atoms. The van der Waals surface area contributed by atoms with Gasteiger partial charge in [0.15, 0.2) is 5.78 Å². The Morgan fingerprint density at radius 3 is 2.86 bits per heavy atom. The van der Waals surface area contributed by atoms with Gasteiger partial charge in [-0.2, -0.15) is 0 Å². The average molecular weight is 359 g/mol. The van der Waals surface area contributed by atoms with Gasteiger partial charge in [-0.1, -0.05) is 34.1 Å². The van der Waals surface area contributed by atoms with Crippen molar-refractivity contribution in [2.75, 3.05) is 0 Å². The van der Waals surface area contributed by atoms with E-state index in [2.05, 4.69) is 22.0 Å². The Hall–Kier alpha value is -1.91. The predicted octanol–water partition coefficient (Wildman–Crippen LogP) is 5.27. The Balaban J connectivity index is 1.92. The second-order valence-electron chi connectivity index (χ2n) is 4.55. The highest BCUT2D eigenvalue weighted by Crippen LogP contribution is 2.27. The molecule has 0 fully saturated rings. The number of aromatic hydroxyl groups is 1. The fraction of sp³-hybridized carbons (Fsp3) is 0. The van der Waals surface area contributed by atoms with Crippen LogP contribution in [0.5, 0.6) is 5.75 Å². The lowest BCUT2D eigenvalue weighted by Gasteiger charge is -2.00. The maximum Gasteiger partial charge on any atom is 0.189 e. The van der Waals surface area contributed by atoms with E-state index < -0.39 is 0 Å². The summed E-state index contributed by atoms with van der Waals surface area (Å²) in [6, 6.07) is 12.9. The van der Waals surface area contributed by atoms with Crippen molar-refractivity contribution in [3.8, 4) is 5.75 Å². The van der Waals surface area contributed by atoms with Crippen molar-refractivity contribution in [2.45, 2.75) is 0 Å². The monoisotopic (exact) mass is 358 g/mol. The molecule has 1 heterocycles. The van der Waals surface area contributed by atoms with Crippen LogP contribution in [0.4, 0.5) is 0 Å². The number of benzene rings is 2. The Morgan fingerprint density at radius 1 is 1.19 bits per heavy atom. The summed E-state index contributed by atoms with van der Waals surface area (Å²) in [6.07, 6.45) is 3.29. The van der Waals surface area contributed by atoms with Gasteiger partial charge in [0, 0.05) is 9.17 Å². The quantitative estimate of drug-likeness (QED) is 0.511. The molecular formula is C17H11BrO2S. The number of hydrogen-bond acceptors (Lipinski definition) is 3. The second-order valence-corrected chi connectivity index (χ2v) is 6.37. The maximum atomic E-state index is 12.2. The smallest absolute Gasteiger partial charge is 0.189 e. The first-order chi connectivity index (χ1) is 10.1. The molecule has 0 aliphatic rings. The molecule has 104 valence electrons. The number of fused-ring (bicyclic) bond motifs is 1. The van der Waals surface area contributed by atoms with Gasteiger partial charge in [-0.25, -0.2) is 0 Å². The summed E-state index contributed by atoms with van der Waals surface area (Å²) in [5, 5.41) is 12.9. The van der Waals surface area contributed by atoms with Crippen LogP contribution in [-0.4, -0.2) is 10.9 Å². The first-order valence-corrected chi connectivity index (χ1v) is 7.99. The summed E-state index contributed by atoms with van der Waals surface area (Å²) in [5.41, 5.74) is 1.30. The van der Waals surface area contributed by atoms with Crippen LogP contribution >= 0.6 is 27.3 Å². The molecule has 0 unspecified atom stereocenters. The fourth-order valence-electron chi connectivity index (χ4n) is 2.09. The zero-order chi connectivity index (χ0) is 14.8. The topological polar surface area (TPSA) is 37.3 Å². The second kappa shape index (κ2) is 5.84. The molecule has 21 heavy (non-hydrogen) atoms. The molecule has 0 saturated carbocycles. The van der Waals surface area contributed by atoms with E-state index in [1.165, 1.54) is 16.8 Å². The van der Waals surface area contributed by atoms with Gasteiger partial charge in [0.05, 0.1) is 5.56 Å². The number of ketones is 1. The number of phenols is 1. The Bertz CT molecular complexity index is 849. The van der Waals surface area contributed by atoms with Crippen LogP contribution in [0.15, 0.2) is 58.4 Å². The molecule has 3 rings (SSSR count). The summed E-state index contributed by atoms with van der Waals surface area (Å²) < 4.78 is 1.95. The molecule has 0 aliphatic carbocycles. The first kappa shape index (κ1) is 14.0. The van der Waals surface area contributed by atoms with Crippen LogP contribution in [0.25, 0.3) is 16.2 Å². The third-order valence-electron chi connectivity index (χ3n) is 3.15. The molecule has 0 saturated heterocycles. The van der Waals surface area contributed by atoms with E-state index in [4.69, 9.17) is 0 Å². The van der Waals surface area contributed by atoms with E-state index in [1.54, 1.807) is 29.5 Å². The molecule has 0 aliphatic heterocycles. The standard InChI is InChI=1S/C17H11BrO2S/c18-12-6-8-16(20)14(9-12)15(19)7-5-11-10-21-17-4-2-1-3-13(11)17/h1-10,20H/b7-5+. The van der Waals surface area contributed by atoms with Crippen molar-refractivity contribution in [1.29, 1.82) is 0 Å². The highest BCUT2D eigenvalue weighted by atomic mass is 79.9. The largest absolute Gasteiger partial charge is 0.507 e. The number of carbonyl (C=O) groups is 1. The van der Waals surface area contributed by atoms with Crippen molar-refractivity contribution < 1.29 is 9.90 Å². The minimum atomic E-state index is -0.218. The van der Waals surface area contributed by atoms with E-state index in [1.807, 2.05) is 23.6 Å². The Labute approximate surface area is 134 Å². The lowest BCUT2D eigenvalue weighted by molar-refractivity contribution is 0.104. The van der Waals surface area contributed by atoms with E-state index in [9.17, 15) is 9.90 Å². The van der Waals surface area contributed by atoms with Gasteiger partial charge >= 0.3 is 0 Å². The summed E-state index contributed by atoms with van der Waals surface area (Å²) >= 11 is 4.95. The number of phenolic OH excluding ortho intramolecular Hbond substituents is 1. The molecule has 0 radical (unpaired) electrons. The number of rotatable bonds is 3. The number of carbonyl (C=O) groups excluding carboxylic acids is 1. The Kier molecular flexibility index (Phi) is 3.90. The van der Waals surface area contributed by atoms with Gasteiger partial charge in [0.25, 0.3) is 0 Å². The van der Waals surface area contributed by atoms with E-state index in [0.29, 0.717) is 5.56 Å². The van der Waals surface area contributed by atoms with Crippen LogP contribution < -0.4 is 0 Å². The van der Waals surface area contributed by atoms with Gasteiger partial charge in [-0.15, -0.1) is 11.3 Å². The predicted molar refractivity (Wildman–Crippen MR) is 91.0 cm³/mol. The summed E-state index contributed by atoms with van der Waals surface area (Å²) in [4.78, 5) is 12.2. The lowest BCUT2D eigenvalue weighted by Crippen LogP contribution is -1.94. The third-order valence-corrected chi connectivity index (χ3v) is 4.62. The van der Waals surface area contributed by atoms with Crippen LogP contribution in [-0.2, 0) is 0 Å². The van der Waals surface area contributed by atoms with Gasteiger partial charge in [0.2, 0.25) is 0 Å². The normalized spacial score (nSPS) is 11.3. The van der Waals surface area contributed by atoms with Gasteiger partial charge in [-0.05, 0) is 52.7 Å². The van der Waals surface area contributed by atoms with Crippen LogP contribution in [0.3, 0.4) is 0 Å². The van der Waals surface area contributed by atoms with Crippen molar-refractivity contribution in [3.63, 3.8) is 0 Å². The highest BCUT2D eigenvalue weighted by Gasteiger charge is 2.09. The van der Waals surface area contributed by atoms with Crippen LogP contribution in [0, 0.1) is 0 Å². The van der Waals surface area contributed by atoms with E-state index in [-0.39, 0.29) is 11.5 Å². The SMILES string of the molecule is O=C(/C=C/c1csc2ccccc12)c1cc(Br)ccc1O. The molecule has 0 atom stereocenters. The molecule has 1 N–H and O–H groups in total. The van der Waals surface area contributed by atoms with Gasteiger partial charge < -0.3 is 5.11 Å². The zero-order valence-electron chi connectivity index (χ0n) is 10.9. The third kappa shape index (κ3) is 2.91. The minimum absolute atomic E-state index is 0.0111. The Morgan fingerprint density at radius 2 is 2.00 bits per heavy atom. The molecule has 1 aromatic heterocycles. The summed E-state index contributed by atoms with van der Waals surface area (Å²) in [7, 11) is 0. The number of allylic oxidation sites excluding steroid dienone is 1. The van der Waals surface area contributed by atoms with Crippen LogP contribution in [0.2, 0.25) is 0 Å². The van der Waals surface area contributed by atoms with Crippen LogP contribution in [0.1, 0.15) is 15.9 Å². The molecule has 4 heteroatoms. The van der Waals surface area contributed by atoms with Crippen molar-refractivity contribution in [3.05, 3.63) is 69.5 Å². The molecular weight excluding hydrogens is 348 g/mol.